The fraction of sp³-hybridized carbons (Fsp3) is 0.567. The number of pyridine rings is 1. The summed E-state index contributed by atoms with van der Waals surface area (Å²) in [6.45, 7) is 1.41. The lowest BCUT2D eigenvalue weighted by Gasteiger charge is -2.25. The number of imidazole rings is 1. The van der Waals surface area contributed by atoms with Crippen molar-refractivity contribution < 1.29 is 19.1 Å². The maximum absolute atomic E-state index is 11.1. The predicted octanol–water partition coefficient (Wildman–Crippen LogP) is 6.36. The third kappa shape index (κ3) is 7.63. The van der Waals surface area contributed by atoms with E-state index in [9.17, 15) is 4.79 Å². The highest BCUT2D eigenvalue weighted by Gasteiger charge is 2.22. The largest absolute Gasteiger partial charge is 0.494 e. The number of fused-ring (bicyclic) bond motifs is 1. The number of benzene rings is 1. The first kappa shape index (κ1) is 28.2. The zero-order chi connectivity index (χ0) is 27.6. The van der Waals surface area contributed by atoms with E-state index < -0.39 is 0 Å². The summed E-state index contributed by atoms with van der Waals surface area (Å²) in [6, 6.07) is 10.5. The lowest BCUT2D eigenvalue weighted by molar-refractivity contribution is -0.144. The van der Waals surface area contributed by atoms with Crippen LogP contribution >= 0.6 is 0 Å². The van der Waals surface area contributed by atoms with E-state index in [4.69, 9.17) is 25.3 Å². The van der Waals surface area contributed by atoms with Crippen molar-refractivity contribution in [3.8, 4) is 5.75 Å². The first-order chi connectivity index (χ1) is 19.7. The zero-order valence-electron chi connectivity index (χ0n) is 23.3. The van der Waals surface area contributed by atoms with Crippen LogP contribution in [0.4, 0.5) is 17.2 Å². The van der Waals surface area contributed by atoms with Gasteiger partial charge in [0.15, 0.2) is 5.65 Å². The second-order valence-corrected chi connectivity index (χ2v) is 10.8. The highest BCUT2D eigenvalue weighted by Crippen LogP contribution is 2.33. The quantitative estimate of drug-likeness (QED) is 0.164. The summed E-state index contributed by atoms with van der Waals surface area (Å²) < 4.78 is 14.1. The number of hydrogen-bond acceptors (Lipinski definition) is 9. The predicted molar refractivity (Wildman–Crippen MR) is 155 cm³/mol. The minimum absolute atomic E-state index is 0.0251. The van der Waals surface area contributed by atoms with Crippen molar-refractivity contribution in [2.24, 2.45) is 5.90 Å². The molecular weight excluding hydrogens is 508 g/mol. The summed E-state index contributed by atoms with van der Waals surface area (Å²) in [5.41, 5.74) is 3.70. The van der Waals surface area contributed by atoms with Crippen LogP contribution in [0.3, 0.4) is 0 Å². The van der Waals surface area contributed by atoms with Gasteiger partial charge < -0.3 is 24.9 Å². The van der Waals surface area contributed by atoms with Crippen molar-refractivity contribution in [3.63, 3.8) is 0 Å². The molecule has 1 aliphatic carbocycles. The summed E-state index contributed by atoms with van der Waals surface area (Å²) in [7, 11) is 0. The number of hydrogen-bond donors (Lipinski definition) is 3. The Labute approximate surface area is 235 Å². The van der Waals surface area contributed by atoms with Crippen molar-refractivity contribution in [3.05, 3.63) is 36.7 Å². The Morgan fingerprint density at radius 3 is 2.60 bits per heavy atom. The third-order valence-electron chi connectivity index (χ3n) is 7.76. The number of carbonyl (C=O) groups is 1. The Morgan fingerprint density at radius 1 is 1.02 bits per heavy atom. The summed E-state index contributed by atoms with van der Waals surface area (Å²) in [5, 5.41) is 7.27. The van der Waals surface area contributed by atoms with Gasteiger partial charge in [-0.1, -0.05) is 32.1 Å². The molecule has 2 aromatic heterocycles. The minimum Gasteiger partial charge on any atom is -0.494 e. The van der Waals surface area contributed by atoms with Gasteiger partial charge in [0.1, 0.15) is 23.3 Å². The van der Waals surface area contributed by atoms with Crippen molar-refractivity contribution in [1.82, 2.24) is 14.5 Å². The minimum atomic E-state index is -0.361. The molecule has 2 fully saturated rings. The van der Waals surface area contributed by atoms with E-state index in [2.05, 4.69) is 26.1 Å². The number of anilines is 3. The molecule has 1 atom stereocenters. The average Bonchev–Trinajstić information content (AvgIpc) is 3.43. The number of unbranched alkanes of at least 4 members (excludes halogenated alkanes) is 3. The molecule has 3 heterocycles. The van der Waals surface area contributed by atoms with Gasteiger partial charge in [0.05, 0.1) is 18.6 Å². The first-order valence-electron chi connectivity index (χ1n) is 14.8. The molecule has 5 rings (SSSR count). The highest BCUT2D eigenvalue weighted by atomic mass is 16.7. The lowest BCUT2D eigenvalue weighted by Crippen LogP contribution is -2.22. The van der Waals surface area contributed by atoms with Crippen LogP contribution in [0.25, 0.3) is 11.2 Å². The van der Waals surface area contributed by atoms with Gasteiger partial charge in [-0.3, -0.25) is 9.36 Å². The number of aromatic nitrogens is 3. The second-order valence-electron chi connectivity index (χ2n) is 10.8. The molecule has 1 aromatic carbocycles. The number of ether oxygens (including phenoxy) is 2. The molecule has 216 valence electrons. The standard InChI is InChI=1S/C30H42N6O4/c31-40-28(37)13-6-1-2-8-18-38-24-16-14-23(15-17-24)34-26-20-25(33-22-10-4-3-5-11-22)29-30(35-26)36(21-32-29)27-12-7-9-19-39-27/h14-17,20-22,27H,1-13,18-19,31H2,(H2,33,34,35). The fourth-order valence-corrected chi connectivity index (χ4v) is 5.56. The molecule has 10 heteroatoms. The van der Waals surface area contributed by atoms with Crippen LogP contribution in [0.15, 0.2) is 36.7 Å². The molecule has 2 aliphatic rings. The fourth-order valence-electron chi connectivity index (χ4n) is 5.56. The number of nitrogens with one attached hydrogen (secondary N) is 2. The van der Waals surface area contributed by atoms with Gasteiger partial charge in [-0.15, -0.1) is 0 Å². The summed E-state index contributed by atoms with van der Waals surface area (Å²) in [5.74, 6) is 6.10. The van der Waals surface area contributed by atoms with Gasteiger partial charge >= 0.3 is 5.97 Å². The van der Waals surface area contributed by atoms with Gasteiger partial charge in [-0.2, -0.15) is 5.90 Å². The van der Waals surface area contributed by atoms with Gasteiger partial charge in [0.25, 0.3) is 0 Å². The van der Waals surface area contributed by atoms with Gasteiger partial charge in [-0.25, -0.2) is 9.97 Å². The lowest BCUT2D eigenvalue weighted by atomic mass is 9.95. The van der Waals surface area contributed by atoms with Crippen LogP contribution in [-0.4, -0.2) is 39.8 Å². The molecule has 3 aromatic rings. The number of nitrogens with two attached hydrogens (primary N) is 1. The maximum Gasteiger partial charge on any atom is 0.324 e. The molecule has 10 nitrogen and oxygen atoms in total. The van der Waals surface area contributed by atoms with Crippen LogP contribution in [-0.2, 0) is 14.4 Å². The van der Waals surface area contributed by atoms with Crippen molar-refractivity contribution in [2.75, 3.05) is 23.8 Å². The second kappa shape index (κ2) is 14.3. The van der Waals surface area contributed by atoms with Crippen LogP contribution < -0.4 is 21.3 Å². The van der Waals surface area contributed by atoms with E-state index in [1.165, 1.54) is 32.1 Å². The van der Waals surface area contributed by atoms with Crippen LogP contribution in [0.2, 0.25) is 0 Å². The van der Waals surface area contributed by atoms with E-state index in [1.807, 2.05) is 30.6 Å². The molecule has 1 aliphatic heterocycles. The Bertz CT molecular complexity index is 1220. The van der Waals surface area contributed by atoms with Crippen molar-refractivity contribution in [2.45, 2.75) is 95.7 Å². The van der Waals surface area contributed by atoms with E-state index in [0.717, 1.165) is 85.7 Å². The Morgan fingerprint density at radius 2 is 1.82 bits per heavy atom. The van der Waals surface area contributed by atoms with E-state index in [-0.39, 0.29) is 12.2 Å². The molecule has 40 heavy (non-hydrogen) atoms. The van der Waals surface area contributed by atoms with Crippen LogP contribution in [0, 0.1) is 0 Å². The molecule has 1 saturated heterocycles. The summed E-state index contributed by atoms with van der Waals surface area (Å²) in [6.07, 6.45) is 15.3. The third-order valence-corrected chi connectivity index (χ3v) is 7.76. The number of rotatable bonds is 13. The maximum atomic E-state index is 11.1. The smallest absolute Gasteiger partial charge is 0.324 e. The first-order valence-corrected chi connectivity index (χ1v) is 14.8. The van der Waals surface area contributed by atoms with E-state index in [0.29, 0.717) is 19.1 Å². The number of nitrogens with zero attached hydrogens (tertiary/aromatic N) is 3. The molecule has 1 unspecified atom stereocenters. The van der Waals surface area contributed by atoms with Gasteiger partial charge in [0.2, 0.25) is 0 Å². The molecule has 4 N–H and O–H groups in total. The Kier molecular flexibility index (Phi) is 10.1. The van der Waals surface area contributed by atoms with Crippen molar-refractivity contribution >= 4 is 34.3 Å². The normalized spacial score (nSPS) is 18.0. The molecule has 0 amide bonds. The molecule has 0 bridgehead atoms. The van der Waals surface area contributed by atoms with Crippen molar-refractivity contribution in [1.29, 1.82) is 0 Å². The number of carbonyl (C=O) groups excluding carboxylic acids is 1. The van der Waals surface area contributed by atoms with Crippen LogP contribution in [0.1, 0.15) is 89.7 Å². The molecule has 0 radical (unpaired) electrons. The Balaban J connectivity index is 1.23. The average molecular weight is 551 g/mol. The topological polar surface area (TPSA) is 126 Å². The van der Waals surface area contributed by atoms with E-state index in [1.54, 1.807) is 0 Å². The van der Waals surface area contributed by atoms with Gasteiger partial charge in [-0.05, 0) is 69.2 Å². The molecule has 0 spiro atoms. The molecule has 1 saturated carbocycles. The SMILES string of the molecule is NOC(=O)CCCCCCOc1ccc(Nc2cc(NC3CCCCC3)c3ncn(C4CCCCO4)c3n2)cc1. The zero-order valence-corrected chi connectivity index (χ0v) is 23.3. The monoisotopic (exact) mass is 550 g/mol. The van der Waals surface area contributed by atoms with E-state index >= 15 is 0 Å². The van der Waals surface area contributed by atoms with Crippen LogP contribution in [0.5, 0.6) is 5.75 Å². The summed E-state index contributed by atoms with van der Waals surface area (Å²) in [4.78, 5) is 25.0. The van der Waals surface area contributed by atoms with Gasteiger partial charge in [0, 0.05) is 30.8 Å². The molecular formula is C30H42N6O4. The Hall–Kier alpha value is -3.37. The highest BCUT2D eigenvalue weighted by molar-refractivity contribution is 5.88. The summed E-state index contributed by atoms with van der Waals surface area (Å²) >= 11 is 0.